The molecule has 0 unspecified atom stereocenters. The Bertz CT molecular complexity index is 1870. The third kappa shape index (κ3) is 3.62. The zero-order chi connectivity index (χ0) is 29.4. The Labute approximate surface area is 241 Å². The number of hydrogen-bond donors (Lipinski definition) is 1. The summed E-state index contributed by atoms with van der Waals surface area (Å²) in [6.07, 6.45) is 3.75. The summed E-state index contributed by atoms with van der Waals surface area (Å²) >= 11 is 0. The van der Waals surface area contributed by atoms with E-state index in [2.05, 4.69) is 0 Å². The smallest absolute Gasteiger partial charge is 0.238 e. The van der Waals surface area contributed by atoms with Gasteiger partial charge in [-0.2, -0.15) is 0 Å². The van der Waals surface area contributed by atoms with E-state index in [0.717, 1.165) is 16.3 Å². The number of hydrogen-bond acceptors (Lipinski definition) is 6. The second-order valence-electron chi connectivity index (χ2n) is 11.6. The molecule has 3 aromatic carbocycles. The van der Waals surface area contributed by atoms with E-state index in [9.17, 15) is 29.1 Å². The van der Waals surface area contributed by atoms with Gasteiger partial charge in [-0.05, 0) is 79.8 Å². The van der Waals surface area contributed by atoms with Gasteiger partial charge in [-0.1, -0.05) is 42.0 Å². The molecule has 2 amide bonds. The van der Waals surface area contributed by atoms with Gasteiger partial charge in [0.1, 0.15) is 5.75 Å². The monoisotopic (exact) mass is 557 g/mol. The van der Waals surface area contributed by atoms with Crippen LogP contribution in [0.15, 0.2) is 95.1 Å². The van der Waals surface area contributed by atoms with Crippen LogP contribution in [0.4, 0.5) is 5.69 Å². The summed E-state index contributed by atoms with van der Waals surface area (Å²) < 4.78 is 0. The van der Waals surface area contributed by atoms with E-state index in [4.69, 9.17) is 0 Å². The Morgan fingerprint density at radius 2 is 1.64 bits per heavy atom. The number of anilines is 1. The fourth-order valence-corrected chi connectivity index (χ4v) is 7.38. The summed E-state index contributed by atoms with van der Waals surface area (Å²) in [6, 6.07) is 17.4. The lowest BCUT2D eigenvalue weighted by Gasteiger charge is -2.42. The summed E-state index contributed by atoms with van der Waals surface area (Å²) in [7, 11) is 0. The van der Waals surface area contributed by atoms with Gasteiger partial charge >= 0.3 is 0 Å². The molecule has 1 heterocycles. The van der Waals surface area contributed by atoms with Gasteiger partial charge < -0.3 is 5.11 Å². The van der Waals surface area contributed by atoms with Gasteiger partial charge in [-0.15, -0.1) is 0 Å². The Kier molecular flexibility index (Phi) is 5.77. The maximum absolute atomic E-state index is 14.1. The Morgan fingerprint density at radius 1 is 0.905 bits per heavy atom. The molecule has 7 rings (SSSR count). The predicted octanol–water partition coefficient (Wildman–Crippen LogP) is 5.38. The third-order valence-electron chi connectivity index (χ3n) is 9.33. The first-order chi connectivity index (χ1) is 20.2. The van der Waals surface area contributed by atoms with Crippen LogP contribution in [0.3, 0.4) is 0 Å². The number of aromatic hydroxyl groups is 1. The molecule has 7 heteroatoms. The third-order valence-corrected chi connectivity index (χ3v) is 9.33. The van der Waals surface area contributed by atoms with E-state index >= 15 is 0 Å². The number of amides is 2. The van der Waals surface area contributed by atoms with Crippen LogP contribution >= 0.6 is 0 Å². The number of ketones is 3. The van der Waals surface area contributed by atoms with Crippen LogP contribution in [0.2, 0.25) is 0 Å². The minimum absolute atomic E-state index is 0.00249. The Balaban J connectivity index is 1.39. The van der Waals surface area contributed by atoms with Gasteiger partial charge in [-0.25, -0.2) is 0 Å². The molecular formula is C35H27NO6. The molecule has 1 saturated heterocycles. The highest BCUT2D eigenvalue weighted by Crippen LogP contribution is 2.57. The molecule has 1 aliphatic heterocycles. The Hall–Kier alpha value is -4.91. The molecule has 3 aromatic rings. The molecule has 0 bridgehead atoms. The molecule has 3 aliphatic carbocycles. The number of carbonyl (C=O) groups excluding carboxylic acids is 5. The fraction of sp³-hybridized carbons (Fsp3) is 0.229. The molecule has 4 atom stereocenters. The van der Waals surface area contributed by atoms with Crippen LogP contribution in [-0.2, 0) is 19.2 Å². The van der Waals surface area contributed by atoms with Crippen LogP contribution < -0.4 is 4.90 Å². The first-order valence-corrected chi connectivity index (χ1v) is 14.1. The van der Waals surface area contributed by atoms with Crippen LogP contribution in [0, 0.1) is 17.8 Å². The first kappa shape index (κ1) is 26.0. The molecule has 0 aromatic heterocycles. The lowest BCUT2D eigenvalue weighted by atomic mass is 9.59. The lowest BCUT2D eigenvalue weighted by Crippen LogP contribution is -2.40. The van der Waals surface area contributed by atoms with Crippen molar-refractivity contribution in [2.75, 3.05) is 4.90 Å². The van der Waals surface area contributed by atoms with Crippen molar-refractivity contribution >= 4 is 45.6 Å². The maximum atomic E-state index is 14.1. The van der Waals surface area contributed by atoms with Crippen molar-refractivity contribution in [2.24, 2.45) is 17.8 Å². The molecule has 0 spiro atoms. The molecule has 208 valence electrons. The van der Waals surface area contributed by atoms with Crippen molar-refractivity contribution in [2.45, 2.75) is 32.6 Å². The number of rotatable bonds is 3. The van der Waals surface area contributed by atoms with E-state index < -0.39 is 23.7 Å². The number of phenols is 1. The normalized spacial score (nSPS) is 25.2. The average molecular weight is 558 g/mol. The number of benzene rings is 3. The standard InChI is InChI=1S/C35H27NO6/c1-17-15-28(39)26-16-25-23(31(32(26)33(17)40)30-22-6-4-3-5-20(22)9-14-27(30)38)12-13-24-29(25)35(42)36(34(24)41)21-10-7-19(8-11-21)18(2)37/h3-12,14-15,24-25,29,31,38H,13,16H2,1-2H3/t24-,25+,29-,31+/m0/s1. The van der Waals surface area contributed by atoms with Crippen molar-refractivity contribution in [3.05, 3.63) is 106 Å². The van der Waals surface area contributed by atoms with Crippen molar-refractivity contribution < 1.29 is 29.1 Å². The van der Waals surface area contributed by atoms with Crippen molar-refractivity contribution in [3.63, 3.8) is 0 Å². The summed E-state index contributed by atoms with van der Waals surface area (Å²) in [5.74, 6) is -3.90. The van der Waals surface area contributed by atoms with Gasteiger partial charge in [0, 0.05) is 33.8 Å². The van der Waals surface area contributed by atoms with Crippen LogP contribution in [0.1, 0.15) is 48.5 Å². The summed E-state index contributed by atoms with van der Waals surface area (Å²) in [5, 5.41) is 12.9. The highest BCUT2D eigenvalue weighted by molar-refractivity contribution is 6.25. The second-order valence-corrected chi connectivity index (χ2v) is 11.6. The summed E-state index contributed by atoms with van der Waals surface area (Å²) in [4.78, 5) is 67.9. The highest BCUT2D eigenvalue weighted by atomic mass is 16.3. The van der Waals surface area contributed by atoms with Gasteiger partial charge in [-0.3, -0.25) is 28.9 Å². The average Bonchev–Trinajstić information content (AvgIpc) is 3.24. The van der Waals surface area contributed by atoms with Crippen LogP contribution in [0.5, 0.6) is 5.75 Å². The lowest BCUT2D eigenvalue weighted by molar-refractivity contribution is -0.123. The fourth-order valence-electron chi connectivity index (χ4n) is 7.38. The number of imide groups is 1. The Morgan fingerprint density at radius 3 is 2.38 bits per heavy atom. The van der Waals surface area contributed by atoms with Gasteiger partial charge in [0.15, 0.2) is 17.3 Å². The highest BCUT2D eigenvalue weighted by Gasteiger charge is 2.57. The molecular weight excluding hydrogens is 530 g/mol. The zero-order valence-electron chi connectivity index (χ0n) is 23.1. The molecule has 0 radical (unpaired) electrons. The quantitative estimate of drug-likeness (QED) is 0.200. The number of Topliss-reactive ketones (excluding diaryl/α,β-unsaturated/α-hetero) is 2. The molecule has 4 aliphatic rings. The molecule has 1 N–H and O–H groups in total. The van der Waals surface area contributed by atoms with Gasteiger partial charge in [0.2, 0.25) is 11.8 Å². The molecule has 7 nitrogen and oxygen atoms in total. The van der Waals surface area contributed by atoms with Crippen LogP contribution in [-0.4, -0.2) is 34.3 Å². The maximum Gasteiger partial charge on any atom is 0.238 e. The largest absolute Gasteiger partial charge is 0.508 e. The van der Waals surface area contributed by atoms with E-state index in [1.54, 1.807) is 37.3 Å². The van der Waals surface area contributed by atoms with E-state index in [1.807, 2.05) is 36.4 Å². The minimum atomic E-state index is -0.738. The zero-order valence-corrected chi connectivity index (χ0v) is 23.1. The number of fused-ring (bicyclic) bond motifs is 4. The first-order valence-electron chi connectivity index (χ1n) is 14.1. The van der Waals surface area contributed by atoms with Crippen molar-refractivity contribution in [1.82, 2.24) is 0 Å². The van der Waals surface area contributed by atoms with Gasteiger partial charge in [0.05, 0.1) is 17.5 Å². The summed E-state index contributed by atoms with van der Waals surface area (Å²) in [6.45, 7) is 3.07. The molecule has 0 saturated carbocycles. The predicted molar refractivity (Wildman–Crippen MR) is 156 cm³/mol. The number of phenolic OH excluding ortho intramolecular Hbond substituents is 1. The second kappa shape index (κ2) is 9.31. The topological polar surface area (TPSA) is 109 Å². The van der Waals surface area contributed by atoms with Gasteiger partial charge in [0.25, 0.3) is 0 Å². The SMILES string of the molecule is CC(=O)c1ccc(N2C(=O)[C@H]3[C@H](CC=C4[C@H](c5c(O)ccc6ccccc56)C5=C(C[C@H]43)C(=O)C=C(C)C5=O)C2=O)cc1. The van der Waals surface area contributed by atoms with Crippen molar-refractivity contribution in [3.8, 4) is 5.75 Å². The van der Waals surface area contributed by atoms with E-state index in [1.165, 1.54) is 17.9 Å². The summed E-state index contributed by atoms with van der Waals surface area (Å²) in [5.41, 5.74) is 3.21. The number of nitrogens with zero attached hydrogens (tertiary/aromatic N) is 1. The van der Waals surface area contributed by atoms with Crippen LogP contribution in [0.25, 0.3) is 10.8 Å². The molecule has 1 fully saturated rings. The minimum Gasteiger partial charge on any atom is -0.508 e. The van der Waals surface area contributed by atoms with E-state index in [-0.39, 0.29) is 41.3 Å². The van der Waals surface area contributed by atoms with Crippen molar-refractivity contribution in [1.29, 1.82) is 0 Å². The van der Waals surface area contributed by atoms with E-state index in [0.29, 0.717) is 40.0 Å². The number of carbonyl (C=O) groups is 5. The number of allylic oxidation sites excluding steroid dienone is 6. The molecule has 42 heavy (non-hydrogen) atoms.